The summed E-state index contributed by atoms with van der Waals surface area (Å²) < 4.78 is 15.4. The topological polar surface area (TPSA) is 74.5 Å². The highest BCUT2D eigenvalue weighted by Gasteiger charge is 2.12. The lowest BCUT2D eigenvalue weighted by molar-refractivity contribution is -0.146. The van der Waals surface area contributed by atoms with Crippen molar-refractivity contribution in [3.63, 3.8) is 0 Å². The molecule has 0 atom stereocenters. The highest BCUT2D eigenvalue weighted by atomic mass is 16.6. The predicted molar refractivity (Wildman–Crippen MR) is 80.2 cm³/mol. The van der Waals surface area contributed by atoms with Gasteiger partial charge in [0.05, 0.1) is 7.11 Å². The van der Waals surface area contributed by atoms with Crippen LogP contribution in [0.15, 0.2) is 28.8 Å². The molecule has 0 radical (unpaired) electrons. The van der Waals surface area contributed by atoms with E-state index in [1.165, 1.54) is 0 Å². The van der Waals surface area contributed by atoms with Crippen molar-refractivity contribution >= 4 is 5.97 Å². The van der Waals surface area contributed by atoms with E-state index in [9.17, 15) is 4.79 Å². The maximum absolute atomic E-state index is 11.6. The Labute approximate surface area is 129 Å². The molecular formula is C16H20N2O4. The van der Waals surface area contributed by atoms with Crippen molar-refractivity contribution in [1.82, 2.24) is 10.1 Å². The minimum atomic E-state index is -0.255. The summed E-state index contributed by atoms with van der Waals surface area (Å²) in [6.07, 6.45) is 1.20. The minimum absolute atomic E-state index is 0.00605. The lowest BCUT2D eigenvalue weighted by atomic mass is 10.1. The van der Waals surface area contributed by atoms with Crippen molar-refractivity contribution < 1.29 is 18.8 Å². The van der Waals surface area contributed by atoms with E-state index in [0.29, 0.717) is 23.9 Å². The number of benzene rings is 1. The quantitative estimate of drug-likeness (QED) is 0.731. The van der Waals surface area contributed by atoms with Gasteiger partial charge in [-0.2, -0.15) is 4.98 Å². The van der Waals surface area contributed by atoms with Crippen molar-refractivity contribution in [2.75, 3.05) is 7.11 Å². The van der Waals surface area contributed by atoms with Crippen LogP contribution in [0, 0.1) is 5.92 Å². The van der Waals surface area contributed by atoms with Crippen LogP contribution >= 0.6 is 0 Å². The normalized spacial score (nSPS) is 10.7. The molecule has 6 heteroatoms. The molecule has 0 aliphatic rings. The molecule has 0 aliphatic heterocycles. The smallest absolute Gasteiger partial charge is 0.306 e. The van der Waals surface area contributed by atoms with Crippen LogP contribution in [0.1, 0.15) is 32.6 Å². The number of methoxy groups -OCH3 is 1. The summed E-state index contributed by atoms with van der Waals surface area (Å²) in [6, 6.07) is 7.34. The maximum Gasteiger partial charge on any atom is 0.306 e. The van der Waals surface area contributed by atoms with Crippen LogP contribution in [0.2, 0.25) is 0 Å². The first-order valence-electron chi connectivity index (χ1n) is 7.21. The average molecular weight is 304 g/mol. The van der Waals surface area contributed by atoms with Gasteiger partial charge in [-0.1, -0.05) is 31.1 Å². The molecule has 0 fully saturated rings. The number of aromatic nitrogens is 2. The van der Waals surface area contributed by atoms with E-state index in [1.807, 2.05) is 24.3 Å². The summed E-state index contributed by atoms with van der Waals surface area (Å²) in [4.78, 5) is 15.8. The Morgan fingerprint density at radius 2 is 2.18 bits per heavy atom. The van der Waals surface area contributed by atoms with E-state index in [0.717, 1.165) is 12.0 Å². The van der Waals surface area contributed by atoms with Gasteiger partial charge < -0.3 is 14.0 Å². The van der Waals surface area contributed by atoms with Crippen LogP contribution in [0.4, 0.5) is 0 Å². The van der Waals surface area contributed by atoms with Crippen LogP contribution in [0.3, 0.4) is 0 Å². The fraction of sp³-hybridized carbons (Fsp3) is 0.438. The summed E-state index contributed by atoms with van der Waals surface area (Å²) in [5.41, 5.74) is 0.778. The number of ether oxygens (including phenoxy) is 2. The average Bonchev–Trinajstić information content (AvgIpc) is 3.00. The van der Waals surface area contributed by atoms with Crippen LogP contribution < -0.4 is 4.74 Å². The number of rotatable bonds is 7. The van der Waals surface area contributed by atoms with E-state index in [1.54, 1.807) is 7.11 Å². The maximum atomic E-state index is 11.6. The van der Waals surface area contributed by atoms with Crippen molar-refractivity contribution in [3.8, 4) is 17.1 Å². The van der Waals surface area contributed by atoms with Gasteiger partial charge in [-0.05, 0) is 24.5 Å². The van der Waals surface area contributed by atoms with Gasteiger partial charge in [0.25, 0.3) is 5.89 Å². The van der Waals surface area contributed by atoms with Crippen LogP contribution in [0.25, 0.3) is 11.4 Å². The van der Waals surface area contributed by atoms with Crippen LogP contribution in [-0.4, -0.2) is 23.2 Å². The second kappa shape index (κ2) is 7.59. The van der Waals surface area contributed by atoms with E-state index in [4.69, 9.17) is 14.0 Å². The number of carbonyl (C=O) groups excluding carboxylic acids is 1. The molecule has 0 N–H and O–H groups in total. The van der Waals surface area contributed by atoms with Gasteiger partial charge in [0.2, 0.25) is 5.82 Å². The van der Waals surface area contributed by atoms with Crippen molar-refractivity contribution in [2.45, 2.75) is 33.3 Å². The fourth-order valence-electron chi connectivity index (χ4n) is 1.81. The molecular weight excluding hydrogens is 284 g/mol. The highest BCUT2D eigenvalue weighted by molar-refractivity contribution is 5.69. The Morgan fingerprint density at radius 1 is 1.36 bits per heavy atom. The molecule has 0 aliphatic carbocycles. The molecule has 0 spiro atoms. The molecule has 2 aromatic rings. The SMILES string of the molecule is COc1cccc(-c2noc(COC(=O)CCC(C)C)n2)c1. The zero-order valence-electron chi connectivity index (χ0n) is 13.0. The fourth-order valence-corrected chi connectivity index (χ4v) is 1.81. The van der Waals surface area contributed by atoms with Gasteiger partial charge in [-0.3, -0.25) is 4.79 Å². The number of hydrogen-bond acceptors (Lipinski definition) is 6. The first-order chi connectivity index (χ1) is 10.6. The molecule has 0 amide bonds. The van der Waals surface area contributed by atoms with Gasteiger partial charge in [0, 0.05) is 12.0 Å². The molecule has 0 saturated heterocycles. The molecule has 0 saturated carbocycles. The van der Waals surface area contributed by atoms with Crippen LogP contribution in [-0.2, 0) is 16.1 Å². The van der Waals surface area contributed by atoms with Crippen molar-refractivity contribution in [1.29, 1.82) is 0 Å². The standard InChI is InChI=1S/C16H20N2O4/c1-11(2)7-8-15(19)21-10-14-17-16(18-22-14)12-5-4-6-13(9-12)20-3/h4-6,9,11H,7-8,10H2,1-3H3. The third-order valence-electron chi connectivity index (χ3n) is 3.08. The molecule has 22 heavy (non-hydrogen) atoms. The lowest BCUT2D eigenvalue weighted by Crippen LogP contribution is -2.06. The summed E-state index contributed by atoms with van der Waals surface area (Å²) in [5, 5.41) is 3.88. The third-order valence-corrected chi connectivity index (χ3v) is 3.08. The largest absolute Gasteiger partial charge is 0.497 e. The summed E-state index contributed by atoms with van der Waals surface area (Å²) >= 11 is 0. The van der Waals surface area contributed by atoms with Gasteiger partial charge in [0.1, 0.15) is 5.75 Å². The van der Waals surface area contributed by atoms with E-state index >= 15 is 0 Å². The summed E-state index contributed by atoms with van der Waals surface area (Å²) in [6.45, 7) is 4.12. The summed E-state index contributed by atoms with van der Waals surface area (Å²) in [7, 11) is 1.59. The van der Waals surface area contributed by atoms with Gasteiger partial charge in [-0.25, -0.2) is 0 Å². The Morgan fingerprint density at radius 3 is 2.91 bits per heavy atom. The predicted octanol–water partition coefficient (Wildman–Crippen LogP) is 3.22. The van der Waals surface area contributed by atoms with Crippen LogP contribution in [0.5, 0.6) is 5.75 Å². The Bertz CT molecular complexity index is 622. The first kappa shape index (κ1) is 16.0. The minimum Gasteiger partial charge on any atom is -0.497 e. The third kappa shape index (κ3) is 4.58. The van der Waals surface area contributed by atoms with Crippen molar-refractivity contribution in [2.24, 2.45) is 5.92 Å². The zero-order valence-corrected chi connectivity index (χ0v) is 13.0. The lowest BCUT2D eigenvalue weighted by Gasteiger charge is -2.03. The Kier molecular flexibility index (Phi) is 5.52. The monoisotopic (exact) mass is 304 g/mol. The number of hydrogen-bond donors (Lipinski definition) is 0. The molecule has 1 aromatic heterocycles. The van der Waals surface area contributed by atoms with Gasteiger partial charge in [-0.15, -0.1) is 0 Å². The molecule has 1 aromatic carbocycles. The molecule has 0 unspecified atom stereocenters. The zero-order chi connectivity index (χ0) is 15.9. The van der Waals surface area contributed by atoms with Gasteiger partial charge in [0.15, 0.2) is 6.61 Å². The Balaban J connectivity index is 1.92. The van der Waals surface area contributed by atoms with E-state index in [-0.39, 0.29) is 18.5 Å². The molecule has 1 heterocycles. The molecule has 0 bridgehead atoms. The number of nitrogens with zero attached hydrogens (tertiary/aromatic N) is 2. The number of carbonyl (C=O) groups is 1. The van der Waals surface area contributed by atoms with E-state index < -0.39 is 0 Å². The molecule has 2 rings (SSSR count). The Hall–Kier alpha value is -2.37. The first-order valence-corrected chi connectivity index (χ1v) is 7.21. The molecule has 118 valence electrons. The highest BCUT2D eigenvalue weighted by Crippen LogP contribution is 2.21. The number of esters is 1. The second-order valence-electron chi connectivity index (χ2n) is 5.34. The second-order valence-corrected chi connectivity index (χ2v) is 5.34. The van der Waals surface area contributed by atoms with Crippen molar-refractivity contribution in [3.05, 3.63) is 30.2 Å². The van der Waals surface area contributed by atoms with E-state index in [2.05, 4.69) is 24.0 Å². The summed E-state index contributed by atoms with van der Waals surface area (Å²) in [5.74, 6) is 1.64. The molecule has 6 nitrogen and oxygen atoms in total. The van der Waals surface area contributed by atoms with Gasteiger partial charge >= 0.3 is 5.97 Å².